The highest BCUT2D eigenvalue weighted by Gasteiger charge is 2.32. The van der Waals surface area contributed by atoms with Gasteiger partial charge in [0.2, 0.25) is 0 Å². The number of aliphatic hydroxyl groups excluding tert-OH is 1. The fraction of sp³-hybridized carbons (Fsp3) is 0.700. The summed E-state index contributed by atoms with van der Waals surface area (Å²) in [5, 5.41) is 28.4. The molecule has 0 aliphatic heterocycles. The van der Waals surface area contributed by atoms with Crippen LogP contribution in [0.1, 0.15) is 20.8 Å². The van der Waals surface area contributed by atoms with E-state index in [1.807, 2.05) is 0 Å². The molecular formula is C10H17NO7. The second-order valence-electron chi connectivity index (χ2n) is 4.61. The fourth-order valence-electron chi connectivity index (χ4n) is 1.01. The number of hydrogen-bond acceptors (Lipinski definition) is 5. The summed E-state index contributed by atoms with van der Waals surface area (Å²) in [5.41, 5.74) is -0.756. The molecule has 0 aliphatic rings. The number of carboxylic acid groups (broad SMARTS) is 2. The SMILES string of the molecule is CC(C)(C)OC(=O)NC[C@@H](C(=O)O)[C@@H](O)C(=O)O. The van der Waals surface area contributed by atoms with E-state index in [-0.39, 0.29) is 0 Å². The van der Waals surface area contributed by atoms with Crippen molar-refractivity contribution in [2.24, 2.45) is 5.92 Å². The van der Waals surface area contributed by atoms with Crippen LogP contribution in [0.15, 0.2) is 0 Å². The molecule has 0 radical (unpaired) electrons. The molecule has 104 valence electrons. The van der Waals surface area contributed by atoms with Gasteiger partial charge in [0.15, 0.2) is 6.10 Å². The maximum absolute atomic E-state index is 11.2. The van der Waals surface area contributed by atoms with Crippen LogP contribution in [-0.4, -0.2) is 51.6 Å². The van der Waals surface area contributed by atoms with Gasteiger partial charge in [-0.15, -0.1) is 0 Å². The van der Waals surface area contributed by atoms with E-state index < -0.39 is 42.2 Å². The minimum absolute atomic E-state index is 0.544. The molecule has 0 fully saturated rings. The first-order chi connectivity index (χ1) is 8.04. The van der Waals surface area contributed by atoms with E-state index in [0.717, 1.165) is 0 Å². The average Bonchev–Trinajstić information content (AvgIpc) is 2.13. The summed E-state index contributed by atoms with van der Waals surface area (Å²) in [5.74, 6) is -4.84. The standard InChI is InChI=1S/C10H17NO7/c1-10(2,3)18-9(17)11-4-5(7(13)14)6(12)8(15)16/h5-6,12H,4H2,1-3H3,(H,11,17)(H,13,14)(H,15,16)/t5-,6-/m1/s1. The van der Waals surface area contributed by atoms with Crippen molar-refractivity contribution in [1.29, 1.82) is 0 Å². The summed E-state index contributed by atoms with van der Waals surface area (Å²) in [6, 6.07) is 0. The van der Waals surface area contributed by atoms with Crippen molar-refractivity contribution in [3.63, 3.8) is 0 Å². The molecule has 0 aliphatic carbocycles. The van der Waals surface area contributed by atoms with Crippen molar-refractivity contribution < 1.29 is 34.4 Å². The van der Waals surface area contributed by atoms with E-state index in [9.17, 15) is 14.4 Å². The Balaban J connectivity index is 4.42. The van der Waals surface area contributed by atoms with E-state index in [2.05, 4.69) is 5.32 Å². The molecule has 0 bridgehead atoms. The molecule has 0 heterocycles. The molecule has 0 saturated carbocycles. The smallest absolute Gasteiger partial charge is 0.407 e. The summed E-state index contributed by atoms with van der Waals surface area (Å²) in [4.78, 5) is 32.4. The zero-order valence-electron chi connectivity index (χ0n) is 10.3. The number of amides is 1. The summed E-state index contributed by atoms with van der Waals surface area (Å²) in [7, 11) is 0. The molecule has 1 amide bonds. The molecule has 0 rings (SSSR count). The van der Waals surface area contributed by atoms with Crippen LogP contribution in [0, 0.1) is 5.92 Å². The Bertz CT molecular complexity index is 334. The molecule has 0 aromatic carbocycles. The molecule has 8 heteroatoms. The Morgan fingerprint density at radius 3 is 2.00 bits per heavy atom. The van der Waals surface area contributed by atoms with Crippen molar-refractivity contribution in [3.8, 4) is 0 Å². The molecule has 4 N–H and O–H groups in total. The Labute approximate surface area is 104 Å². The van der Waals surface area contributed by atoms with Crippen LogP contribution in [0.4, 0.5) is 4.79 Å². The maximum atomic E-state index is 11.2. The predicted octanol–water partition coefficient (Wildman–Crippen LogP) is -0.343. The predicted molar refractivity (Wildman–Crippen MR) is 59.0 cm³/mol. The first kappa shape index (κ1) is 16.2. The van der Waals surface area contributed by atoms with Crippen molar-refractivity contribution >= 4 is 18.0 Å². The van der Waals surface area contributed by atoms with Crippen LogP contribution in [0.3, 0.4) is 0 Å². The zero-order chi connectivity index (χ0) is 14.5. The van der Waals surface area contributed by atoms with Crippen LogP contribution >= 0.6 is 0 Å². The number of carboxylic acids is 2. The third-order valence-corrected chi connectivity index (χ3v) is 1.82. The molecule has 0 unspecified atom stereocenters. The lowest BCUT2D eigenvalue weighted by Crippen LogP contribution is -2.44. The van der Waals surface area contributed by atoms with E-state index in [4.69, 9.17) is 20.1 Å². The normalized spacial score (nSPS) is 14.4. The van der Waals surface area contributed by atoms with Gasteiger partial charge in [-0.25, -0.2) is 9.59 Å². The van der Waals surface area contributed by atoms with Gasteiger partial charge in [-0.3, -0.25) is 4.79 Å². The van der Waals surface area contributed by atoms with Gasteiger partial charge in [0.05, 0.1) is 0 Å². The lowest BCUT2D eigenvalue weighted by molar-refractivity contribution is -0.159. The van der Waals surface area contributed by atoms with Crippen LogP contribution in [-0.2, 0) is 14.3 Å². The van der Waals surface area contributed by atoms with Gasteiger partial charge in [0.25, 0.3) is 0 Å². The highest BCUT2D eigenvalue weighted by Crippen LogP contribution is 2.08. The molecule has 0 aromatic rings. The molecule has 2 atom stereocenters. The number of ether oxygens (including phenoxy) is 1. The molecule has 0 aromatic heterocycles. The molecule has 0 spiro atoms. The third-order valence-electron chi connectivity index (χ3n) is 1.82. The van der Waals surface area contributed by atoms with Gasteiger partial charge in [0, 0.05) is 6.54 Å². The number of hydrogen-bond donors (Lipinski definition) is 4. The van der Waals surface area contributed by atoms with Gasteiger partial charge >= 0.3 is 18.0 Å². The van der Waals surface area contributed by atoms with Crippen LogP contribution in [0.5, 0.6) is 0 Å². The largest absolute Gasteiger partial charge is 0.481 e. The van der Waals surface area contributed by atoms with Crippen molar-refractivity contribution in [3.05, 3.63) is 0 Å². The first-order valence-corrected chi connectivity index (χ1v) is 5.15. The number of aliphatic hydroxyl groups is 1. The lowest BCUT2D eigenvalue weighted by atomic mass is 10.0. The molecule has 8 nitrogen and oxygen atoms in total. The quantitative estimate of drug-likeness (QED) is 0.533. The van der Waals surface area contributed by atoms with E-state index in [0.29, 0.717) is 0 Å². The van der Waals surface area contributed by atoms with Gasteiger partial charge in [-0.05, 0) is 20.8 Å². The van der Waals surface area contributed by atoms with E-state index >= 15 is 0 Å². The van der Waals surface area contributed by atoms with Crippen molar-refractivity contribution in [2.75, 3.05) is 6.54 Å². The van der Waals surface area contributed by atoms with E-state index in [1.165, 1.54) is 0 Å². The van der Waals surface area contributed by atoms with Gasteiger partial charge in [0.1, 0.15) is 11.5 Å². The number of alkyl carbamates (subject to hydrolysis) is 1. The summed E-state index contributed by atoms with van der Waals surface area (Å²) in [6.45, 7) is 4.31. The maximum Gasteiger partial charge on any atom is 0.407 e. The molecular weight excluding hydrogens is 246 g/mol. The lowest BCUT2D eigenvalue weighted by Gasteiger charge is -2.21. The highest BCUT2D eigenvalue weighted by atomic mass is 16.6. The molecule has 18 heavy (non-hydrogen) atoms. The van der Waals surface area contributed by atoms with Crippen molar-refractivity contribution in [1.82, 2.24) is 5.32 Å². The Hall–Kier alpha value is -1.83. The van der Waals surface area contributed by atoms with Crippen LogP contribution < -0.4 is 5.32 Å². The number of carbonyl (C=O) groups is 3. The monoisotopic (exact) mass is 263 g/mol. The Kier molecular flexibility index (Phi) is 5.57. The van der Waals surface area contributed by atoms with E-state index in [1.54, 1.807) is 20.8 Å². The minimum Gasteiger partial charge on any atom is -0.481 e. The molecule has 0 saturated heterocycles. The number of aliphatic carboxylic acids is 2. The third kappa shape index (κ3) is 6.04. The summed E-state index contributed by atoms with van der Waals surface area (Å²) in [6.07, 6.45) is -2.98. The average molecular weight is 263 g/mol. The topological polar surface area (TPSA) is 133 Å². The van der Waals surface area contributed by atoms with Crippen LogP contribution in [0.2, 0.25) is 0 Å². The number of carbonyl (C=O) groups excluding carboxylic acids is 1. The zero-order valence-corrected chi connectivity index (χ0v) is 10.3. The number of nitrogens with one attached hydrogen (secondary N) is 1. The first-order valence-electron chi connectivity index (χ1n) is 5.15. The second-order valence-corrected chi connectivity index (χ2v) is 4.61. The van der Waals surface area contributed by atoms with Gasteiger partial charge in [-0.1, -0.05) is 0 Å². The Morgan fingerprint density at radius 2 is 1.67 bits per heavy atom. The number of rotatable bonds is 5. The highest BCUT2D eigenvalue weighted by molar-refractivity contribution is 5.82. The minimum atomic E-state index is -2.10. The Morgan fingerprint density at radius 1 is 1.17 bits per heavy atom. The van der Waals surface area contributed by atoms with Crippen molar-refractivity contribution in [2.45, 2.75) is 32.5 Å². The summed E-state index contributed by atoms with van der Waals surface area (Å²) < 4.78 is 4.84. The van der Waals surface area contributed by atoms with Gasteiger partial charge < -0.3 is 25.4 Å². The fourth-order valence-corrected chi connectivity index (χ4v) is 1.01. The summed E-state index contributed by atoms with van der Waals surface area (Å²) >= 11 is 0. The van der Waals surface area contributed by atoms with Gasteiger partial charge in [-0.2, -0.15) is 0 Å². The van der Waals surface area contributed by atoms with Crippen LogP contribution in [0.25, 0.3) is 0 Å². The second kappa shape index (κ2) is 6.20.